The van der Waals surface area contributed by atoms with Gasteiger partial charge in [0.1, 0.15) is 22.2 Å². The zero-order valence-corrected chi connectivity index (χ0v) is 13.4. The highest BCUT2D eigenvalue weighted by Crippen LogP contribution is 2.21. The van der Waals surface area contributed by atoms with E-state index in [1.807, 2.05) is 56.0 Å². The van der Waals surface area contributed by atoms with Gasteiger partial charge in [0.05, 0.1) is 5.69 Å². The number of benzene rings is 1. The molecule has 0 unspecified atom stereocenters. The van der Waals surface area contributed by atoms with Crippen LogP contribution in [-0.4, -0.2) is 28.9 Å². The van der Waals surface area contributed by atoms with Gasteiger partial charge in [0.2, 0.25) is 0 Å². The van der Waals surface area contributed by atoms with Crippen molar-refractivity contribution in [3.05, 3.63) is 45.9 Å². The first-order chi connectivity index (χ1) is 10.2. The minimum Gasteiger partial charge on any atom is -0.486 e. The summed E-state index contributed by atoms with van der Waals surface area (Å²) in [6.07, 6.45) is 0. The van der Waals surface area contributed by atoms with Crippen molar-refractivity contribution in [2.24, 2.45) is 0 Å². The molecule has 0 radical (unpaired) electrons. The third-order valence-corrected chi connectivity index (χ3v) is 4.31. The highest BCUT2D eigenvalue weighted by molar-refractivity contribution is 7.13. The fraction of sp³-hybridized carbons (Fsp3) is 0.375. The number of carbonyl (C=O) groups excluding carboxylic acids is 1. The normalized spacial score (nSPS) is 10.4. The average Bonchev–Trinajstić information content (AvgIpc) is 2.88. The monoisotopic (exact) mass is 304 g/mol. The molecule has 0 saturated heterocycles. The molecule has 1 aromatic heterocycles. The molecule has 1 heterocycles. The molecule has 0 N–H and O–H groups in total. The second-order valence-electron chi connectivity index (χ2n) is 4.60. The highest BCUT2D eigenvalue weighted by atomic mass is 32.1. The number of amides is 1. The first-order valence-electron chi connectivity index (χ1n) is 7.09. The largest absolute Gasteiger partial charge is 0.486 e. The molecular weight excluding hydrogens is 284 g/mol. The molecule has 112 valence electrons. The number of nitrogens with zero attached hydrogens (tertiary/aromatic N) is 2. The second kappa shape index (κ2) is 7.22. The summed E-state index contributed by atoms with van der Waals surface area (Å²) in [6, 6.07) is 9.61. The maximum atomic E-state index is 12.4. The van der Waals surface area contributed by atoms with Crippen LogP contribution in [0.1, 0.15) is 34.2 Å². The van der Waals surface area contributed by atoms with E-state index in [-0.39, 0.29) is 5.91 Å². The summed E-state index contributed by atoms with van der Waals surface area (Å²) in [5, 5.41) is 0.826. The zero-order valence-electron chi connectivity index (χ0n) is 12.6. The van der Waals surface area contributed by atoms with E-state index < -0.39 is 0 Å². The van der Waals surface area contributed by atoms with E-state index in [9.17, 15) is 4.79 Å². The fourth-order valence-corrected chi connectivity index (χ4v) is 2.97. The molecule has 0 aliphatic carbocycles. The van der Waals surface area contributed by atoms with Crippen molar-refractivity contribution in [2.45, 2.75) is 27.4 Å². The van der Waals surface area contributed by atoms with Crippen LogP contribution in [0.3, 0.4) is 0 Å². The standard InChI is InChI=1S/C16H20N2O2S/c1-4-18(5-2)16(19)15-12(3)17-14(21-15)11-20-13-9-7-6-8-10-13/h6-10H,4-5,11H2,1-3H3. The number of hydrogen-bond acceptors (Lipinski definition) is 4. The summed E-state index contributed by atoms with van der Waals surface area (Å²) in [6.45, 7) is 7.65. The third kappa shape index (κ3) is 3.82. The number of carbonyl (C=O) groups is 1. The van der Waals surface area contributed by atoms with Crippen LogP contribution in [0.4, 0.5) is 0 Å². The van der Waals surface area contributed by atoms with Gasteiger partial charge in [0.25, 0.3) is 5.91 Å². The molecule has 0 saturated carbocycles. The Bertz CT molecular complexity index is 592. The van der Waals surface area contributed by atoms with Crippen LogP contribution >= 0.6 is 11.3 Å². The molecule has 0 atom stereocenters. The van der Waals surface area contributed by atoms with Gasteiger partial charge in [-0.25, -0.2) is 4.98 Å². The predicted octanol–water partition coefficient (Wildman–Crippen LogP) is 3.51. The van der Waals surface area contributed by atoms with Gasteiger partial charge in [-0.15, -0.1) is 11.3 Å². The molecule has 0 fully saturated rings. The highest BCUT2D eigenvalue weighted by Gasteiger charge is 2.19. The van der Waals surface area contributed by atoms with Crippen LogP contribution in [0.2, 0.25) is 0 Å². The number of aromatic nitrogens is 1. The van der Waals surface area contributed by atoms with E-state index >= 15 is 0 Å². The van der Waals surface area contributed by atoms with Crippen molar-refractivity contribution in [1.29, 1.82) is 0 Å². The van der Waals surface area contributed by atoms with Gasteiger partial charge < -0.3 is 9.64 Å². The lowest BCUT2D eigenvalue weighted by Crippen LogP contribution is -2.30. The van der Waals surface area contributed by atoms with Gasteiger partial charge in [0.15, 0.2) is 0 Å². The third-order valence-electron chi connectivity index (χ3n) is 3.19. The Labute approximate surface area is 129 Å². The lowest BCUT2D eigenvalue weighted by atomic mass is 10.3. The summed E-state index contributed by atoms with van der Waals surface area (Å²) in [4.78, 5) is 19.3. The van der Waals surface area contributed by atoms with Crippen molar-refractivity contribution < 1.29 is 9.53 Å². The van der Waals surface area contributed by atoms with Crippen molar-refractivity contribution in [2.75, 3.05) is 13.1 Å². The van der Waals surface area contributed by atoms with Crippen LogP contribution in [0.25, 0.3) is 0 Å². The van der Waals surface area contributed by atoms with E-state index in [4.69, 9.17) is 4.74 Å². The molecule has 2 aromatic rings. The lowest BCUT2D eigenvalue weighted by molar-refractivity contribution is 0.0777. The molecular formula is C16H20N2O2S. The Balaban J connectivity index is 2.07. The number of rotatable bonds is 6. The quantitative estimate of drug-likeness (QED) is 0.820. The van der Waals surface area contributed by atoms with Gasteiger partial charge in [0, 0.05) is 13.1 Å². The van der Waals surface area contributed by atoms with Gasteiger partial charge >= 0.3 is 0 Å². The van der Waals surface area contributed by atoms with E-state index in [0.717, 1.165) is 16.5 Å². The average molecular weight is 304 g/mol. The lowest BCUT2D eigenvalue weighted by Gasteiger charge is -2.17. The summed E-state index contributed by atoms with van der Waals surface area (Å²) in [7, 11) is 0. The minimum atomic E-state index is 0.0564. The second-order valence-corrected chi connectivity index (χ2v) is 5.68. The molecule has 5 heteroatoms. The van der Waals surface area contributed by atoms with Crippen LogP contribution in [0, 0.1) is 6.92 Å². The molecule has 2 rings (SSSR count). The smallest absolute Gasteiger partial charge is 0.265 e. The van der Waals surface area contributed by atoms with Crippen LogP contribution < -0.4 is 4.74 Å². The van der Waals surface area contributed by atoms with E-state index in [0.29, 0.717) is 24.6 Å². The zero-order chi connectivity index (χ0) is 15.2. The molecule has 0 spiro atoms. The summed E-state index contributed by atoms with van der Waals surface area (Å²) in [5.74, 6) is 0.864. The van der Waals surface area contributed by atoms with Gasteiger partial charge in [-0.3, -0.25) is 4.79 Å². The number of para-hydroxylation sites is 1. The summed E-state index contributed by atoms with van der Waals surface area (Å²) in [5.41, 5.74) is 0.781. The Morgan fingerprint density at radius 3 is 2.52 bits per heavy atom. The van der Waals surface area contributed by atoms with E-state index in [1.165, 1.54) is 11.3 Å². The number of hydrogen-bond donors (Lipinski definition) is 0. The Morgan fingerprint density at radius 1 is 1.24 bits per heavy atom. The van der Waals surface area contributed by atoms with Gasteiger partial charge in [-0.05, 0) is 32.9 Å². The van der Waals surface area contributed by atoms with Crippen LogP contribution in [-0.2, 0) is 6.61 Å². The van der Waals surface area contributed by atoms with Gasteiger partial charge in [-0.1, -0.05) is 18.2 Å². The number of thiazole rings is 1. The van der Waals surface area contributed by atoms with Crippen molar-refractivity contribution in [1.82, 2.24) is 9.88 Å². The Hall–Kier alpha value is -1.88. The molecule has 21 heavy (non-hydrogen) atoms. The predicted molar refractivity (Wildman–Crippen MR) is 84.9 cm³/mol. The van der Waals surface area contributed by atoms with E-state index in [1.54, 1.807) is 0 Å². The van der Waals surface area contributed by atoms with Crippen molar-refractivity contribution in [3.63, 3.8) is 0 Å². The molecule has 4 nitrogen and oxygen atoms in total. The van der Waals surface area contributed by atoms with Crippen LogP contribution in [0.5, 0.6) is 5.75 Å². The van der Waals surface area contributed by atoms with Gasteiger partial charge in [-0.2, -0.15) is 0 Å². The SMILES string of the molecule is CCN(CC)C(=O)c1sc(COc2ccccc2)nc1C. The number of aryl methyl sites for hydroxylation is 1. The first kappa shape index (κ1) is 15.5. The summed E-state index contributed by atoms with van der Waals surface area (Å²) >= 11 is 1.42. The molecule has 0 aliphatic rings. The fourth-order valence-electron chi connectivity index (χ4n) is 2.03. The number of ether oxygens (including phenoxy) is 1. The maximum Gasteiger partial charge on any atom is 0.265 e. The molecule has 0 bridgehead atoms. The van der Waals surface area contributed by atoms with E-state index in [2.05, 4.69) is 4.98 Å². The topological polar surface area (TPSA) is 42.4 Å². The maximum absolute atomic E-state index is 12.4. The molecule has 0 aliphatic heterocycles. The van der Waals surface area contributed by atoms with Crippen molar-refractivity contribution >= 4 is 17.2 Å². The van der Waals surface area contributed by atoms with Crippen LogP contribution in [0.15, 0.2) is 30.3 Å². The van der Waals surface area contributed by atoms with Crippen molar-refractivity contribution in [3.8, 4) is 5.75 Å². The minimum absolute atomic E-state index is 0.0564. The Morgan fingerprint density at radius 2 is 1.90 bits per heavy atom. The Kier molecular flexibility index (Phi) is 5.33. The first-order valence-corrected chi connectivity index (χ1v) is 7.90. The molecule has 1 aromatic carbocycles. The molecule has 1 amide bonds. The summed E-state index contributed by atoms with van der Waals surface area (Å²) < 4.78 is 5.68.